The van der Waals surface area contributed by atoms with Gasteiger partial charge in [0, 0.05) is 56.3 Å². The van der Waals surface area contributed by atoms with Crippen molar-refractivity contribution >= 4 is 27.1 Å². The Labute approximate surface area is 174 Å². The molecule has 2 aromatic carbocycles. The lowest BCUT2D eigenvalue weighted by Gasteiger charge is -2.29. The molecule has 0 radical (unpaired) electrons. The number of hydrogen-bond acceptors (Lipinski definition) is 7. The fraction of sp³-hybridized carbons (Fsp3) is 0.350. The number of amides is 1. The van der Waals surface area contributed by atoms with Crippen LogP contribution >= 0.6 is 0 Å². The Hall–Kier alpha value is -2.98. The summed E-state index contributed by atoms with van der Waals surface area (Å²) in [7, 11) is -2.14. The first-order valence-corrected chi connectivity index (χ1v) is 11.2. The van der Waals surface area contributed by atoms with Crippen LogP contribution in [0.3, 0.4) is 0 Å². The Bertz CT molecular complexity index is 1050. The molecule has 1 saturated heterocycles. The average Bonchev–Trinajstić information content (AvgIpc) is 2.73. The van der Waals surface area contributed by atoms with Gasteiger partial charge in [-0.25, -0.2) is 8.42 Å². The number of non-ortho nitro benzene ring substituents is 1. The van der Waals surface area contributed by atoms with E-state index < -0.39 is 26.4 Å². The van der Waals surface area contributed by atoms with Crippen LogP contribution in [0.4, 0.5) is 11.4 Å². The first kappa shape index (κ1) is 21.7. The second-order valence-corrected chi connectivity index (χ2v) is 9.19. The highest BCUT2D eigenvalue weighted by Crippen LogP contribution is 2.23. The minimum absolute atomic E-state index is 0.0444. The van der Waals surface area contributed by atoms with Gasteiger partial charge in [0.05, 0.1) is 23.0 Å². The smallest absolute Gasteiger partial charge is 0.271 e. The molecule has 0 N–H and O–H groups in total. The van der Waals surface area contributed by atoms with Crippen LogP contribution in [0.1, 0.15) is 15.9 Å². The fourth-order valence-electron chi connectivity index (χ4n) is 3.23. The van der Waals surface area contributed by atoms with Gasteiger partial charge >= 0.3 is 0 Å². The summed E-state index contributed by atoms with van der Waals surface area (Å²) >= 11 is 0. The molecule has 0 saturated carbocycles. The van der Waals surface area contributed by atoms with E-state index in [0.29, 0.717) is 13.2 Å². The van der Waals surface area contributed by atoms with Crippen LogP contribution in [0, 0.1) is 10.1 Å². The van der Waals surface area contributed by atoms with Crippen molar-refractivity contribution in [3.05, 3.63) is 63.7 Å². The van der Waals surface area contributed by atoms with Crippen LogP contribution in [0.15, 0.2) is 47.4 Å². The molecular formula is C20H23N3O6S. The van der Waals surface area contributed by atoms with Crippen LogP contribution in [-0.4, -0.2) is 63.8 Å². The van der Waals surface area contributed by atoms with Gasteiger partial charge in [0.15, 0.2) is 9.84 Å². The van der Waals surface area contributed by atoms with Gasteiger partial charge in [-0.15, -0.1) is 0 Å². The number of benzene rings is 2. The third-order valence-corrected chi connectivity index (χ3v) is 5.95. The Morgan fingerprint density at radius 1 is 1.17 bits per heavy atom. The molecule has 3 rings (SSSR count). The Kier molecular flexibility index (Phi) is 6.37. The van der Waals surface area contributed by atoms with E-state index >= 15 is 0 Å². The number of morpholine rings is 1. The molecule has 0 atom stereocenters. The predicted molar refractivity (Wildman–Crippen MR) is 111 cm³/mol. The molecule has 0 aliphatic carbocycles. The quantitative estimate of drug-likeness (QED) is 0.507. The molecule has 1 heterocycles. The first-order valence-electron chi connectivity index (χ1n) is 9.32. The Balaban J connectivity index is 1.77. The van der Waals surface area contributed by atoms with Crippen LogP contribution in [-0.2, 0) is 21.1 Å². The molecule has 30 heavy (non-hydrogen) atoms. The third-order valence-electron chi connectivity index (χ3n) is 4.86. The van der Waals surface area contributed by atoms with Gasteiger partial charge in [0.25, 0.3) is 11.6 Å². The van der Waals surface area contributed by atoms with E-state index in [1.165, 1.54) is 11.0 Å². The first-order chi connectivity index (χ1) is 14.1. The van der Waals surface area contributed by atoms with E-state index in [9.17, 15) is 23.3 Å². The maximum atomic E-state index is 12.8. The highest BCUT2D eigenvalue weighted by atomic mass is 32.2. The topological polar surface area (TPSA) is 110 Å². The minimum Gasteiger partial charge on any atom is -0.378 e. The summed E-state index contributed by atoms with van der Waals surface area (Å²) in [5, 5.41) is 11.2. The molecule has 1 fully saturated rings. The molecule has 0 spiro atoms. The van der Waals surface area contributed by atoms with Crippen molar-refractivity contribution in [1.82, 2.24) is 4.90 Å². The summed E-state index contributed by atoms with van der Waals surface area (Å²) in [6.45, 7) is 3.31. The summed E-state index contributed by atoms with van der Waals surface area (Å²) in [6, 6.07) is 11.0. The van der Waals surface area contributed by atoms with Gasteiger partial charge in [-0.2, -0.15) is 0 Å². The molecule has 9 nitrogen and oxygen atoms in total. The SMILES string of the molecule is CN(Cc1ccc(N2CCOCC2)cc1)C(=O)c1cc([N+](=O)[O-])cc(S(C)(=O)=O)c1. The zero-order chi connectivity index (χ0) is 21.9. The number of anilines is 1. The van der Waals surface area contributed by atoms with E-state index in [4.69, 9.17) is 4.74 Å². The molecule has 0 unspecified atom stereocenters. The van der Waals surface area contributed by atoms with E-state index in [2.05, 4.69) is 4.90 Å². The van der Waals surface area contributed by atoms with Crippen LogP contribution < -0.4 is 4.90 Å². The van der Waals surface area contributed by atoms with Crippen LogP contribution in [0.5, 0.6) is 0 Å². The zero-order valence-corrected chi connectivity index (χ0v) is 17.6. The van der Waals surface area contributed by atoms with Crippen molar-refractivity contribution in [3.8, 4) is 0 Å². The largest absolute Gasteiger partial charge is 0.378 e. The highest BCUT2D eigenvalue weighted by molar-refractivity contribution is 7.90. The summed E-state index contributed by atoms with van der Waals surface area (Å²) < 4.78 is 29.0. The number of sulfone groups is 1. The molecular weight excluding hydrogens is 410 g/mol. The number of nitro groups is 1. The maximum absolute atomic E-state index is 12.8. The van der Waals surface area contributed by atoms with Crippen molar-refractivity contribution in [2.45, 2.75) is 11.4 Å². The number of rotatable bonds is 6. The van der Waals surface area contributed by atoms with E-state index in [1.807, 2.05) is 24.3 Å². The minimum atomic E-state index is -3.70. The Morgan fingerprint density at radius 2 is 1.80 bits per heavy atom. The lowest BCUT2D eigenvalue weighted by Crippen LogP contribution is -2.36. The van der Waals surface area contributed by atoms with Gasteiger partial charge < -0.3 is 14.5 Å². The van der Waals surface area contributed by atoms with Crippen LogP contribution in [0.25, 0.3) is 0 Å². The molecule has 0 aromatic heterocycles. The summed E-state index contributed by atoms with van der Waals surface area (Å²) in [4.78, 5) is 26.6. The predicted octanol–water partition coefficient (Wildman–Crippen LogP) is 2.11. The number of nitro benzene ring substituents is 1. The summed E-state index contributed by atoms with van der Waals surface area (Å²) in [5.74, 6) is -0.499. The van der Waals surface area contributed by atoms with Gasteiger partial charge in [-0.3, -0.25) is 14.9 Å². The monoisotopic (exact) mass is 433 g/mol. The summed E-state index contributed by atoms with van der Waals surface area (Å²) in [6.07, 6.45) is 0.944. The van der Waals surface area contributed by atoms with Crippen molar-refractivity contribution in [2.24, 2.45) is 0 Å². The van der Waals surface area contributed by atoms with E-state index in [0.717, 1.165) is 42.7 Å². The van der Waals surface area contributed by atoms with E-state index in [1.54, 1.807) is 7.05 Å². The second kappa shape index (κ2) is 8.80. The number of ether oxygens (including phenoxy) is 1. The molecule has 1 amide bonds. The average molecular weight is 433 g/mol. The number of nitrogens with zero attached hydrogens (tertiary/aromatic N) is 3. The van der Waals surface area contributed by atoms with Gasteiger partial charge in [0.1, 0.15) is 0 Å². The molecule has 1 aliphatic heterocycles. The third kappa shape index (κ3) is 5.14. The lowest BCUT2D eigenvalue weighted by molar-refractivity contribution is -0.385. The zero-order valence-electron chi connectivity index (χ0n) is 16.8. The second-order valence-electron chi connectivity index (χ2n) is 7.17. The van der Waals surface area contributed by atoms with Crippen molar-refractivity contribution in [2.75, 3.05) is 44.5 Å². The van der Waals surface area contributed by atoms with Gasteiger partial charge in [0.2, 0.25) is 0 Å². The molecule has 2 aromatic rings. The maximum Gasteiger partial charge on any atom is 0.271 e. The van der Waals surface area contributed by atoms with Crippen molar-refractivity contribution in [3.63, 3.8) is 0 Å². The fourth-order valence-corrected chi connectivity index (χ4v) is 3.90. The molecule has 10 heteroatoms. The normalized spacial score (nSPS) is 14.4. The molecule has 160 valence electrons. The van der Waals surface area contributed by atoms with Gasteiger partial charge in [-0.1, -0.05) is 12.1 Å². The van der Waals surface area contributed by atoms with E-state index in [-0.39, 0.29) is 17.0 Å². The lowest BCUT2D eigenvalue weighted by atomic mass is 10.1. The molecule has 1 aliphatic rings. The standard InChI is InChI=1S/C20H23N3O6S/c1-21(14-15-3-5-17(6-4-15)22-7-9-29-10-8-22)20(24)16-11-18(23(25)26)13-19(12-16)30(2,27)28/h3-6,11-13H,7-10,14H2,1-2H3. The number of hydrogen-bond donors (Lipinski definition) is 0. The van der Waals surface area contributed by atoms with Crippen molar-refractivity contribution < 1.29 is 22.9 Å². The van der Waals surface area contributed by atoms with Gasteiger partial charge in [-0.05, 0) is 23.8 Å². The van der Waals surface area contributed by atoms with Crippen LogP contribution in [0.2, 0.25) is 0 Å². The summed E-state index contributed by atoms with van der Waals surface area (Å²) in [5.41, 5.74) is 1.48. The number of carbonyl (C=O) groups is 1. The molecule has 0 bridgehead atoms. The number of carbonyl (C=O) groups excluding carboxylic acids is 1. The Morgan fingerprint density at radius 3 is 2.37 bits per heavy atom. The van der Waals surface area contributed by atoms with Crippen molar-refractivity contribution in [1.29, 1.82) is 0 Å². The highest BCUT2D eigenvalue weighted by Gasteiger charge is 2.21.